The second-order valence-corrected chi connectivity index (χ2v) is 6.62. The molecule has 0 bridgehead atoms. The predicted octanol–water partition coefficient (Wildman–Crippen LogP) is 2.75. The van der Waals surface area contributed by atoms with Gasteiger partial charge in [-0.05, 0) is 33.6 Å². The second kappa shape index (κ2) is 3.47. The Hall–Kier alpha value is 0.310. The van der Waals surface area contributed by atoms with Gasteiger partial charge in [0, 0.05) is 29.1 Å². The van der Waals surface area contributed by atoms with Crippen LogP contribution in [0.25, 0.3) is 0 Å². The van der Waals surface area contributed by atoms with E-state index in [-0.39, 0.29) is 0 Å². The molecule has 1 saturated heterocycles. The van der Waals surface area contributed by atoms with Crippen molar-refractivity contribution in [3.8, 4) is 0 Å². The molecule has 2 atom stereocenters. The Morgan fingerprint density at radius 1 is 1.23 bits per heavy atom. The average Bonchev–Trinajstić information content (AvgIpc) is 2.48. The molecule has 0 spiro atoms. The van der Waals surface area contributed by atoms with Crippen LogP contribution in [0, 0.1) is 0 Å². The Balaban J connectivity index is 2.10. The van der Waals surface area contributed by atoms with E-state index in [2.05, 4.69) is 37.4 Å². The molecule has 2 unspecified atom stereocenters. The quantitative estimate of drug-likeness (QED) is 0.590. The van der Waals surface area contributed by atoms with Crippen LogP contribution in [0.4, 0.5) is 0 Å². The molecule has 2 fully saturated rings. The molecule has 0 aromatic rings. The third-order valence-electron chi connectivity index (χ3n) is 3.34. The molecule has 1 aliphatic heterocycles. The van der Waals surface area contributed by atoms with Gasteiger partial charge in [0.2, 0.25) is 0 Å². The molecule has 0 amide bonds. The van der Waals surface area contributed by atoms with Crippen LogP contribution >= 0.6 is 11.8 Å². The van der Waals surface area contributed by atoms with Crippen molar-refractivity contribution < 1.29 is 0 Å². The van der Waals surface area contributed by atoms with Gasteiger partial charge in [-0.2, -0.15) is 11.8 Å². The molecule has 2 rings (SSSR count). The molecule has 2 heteroatoms. The van der Waals surface area contributed by atoms with Crippen LogP contribution in [0.1, 0.15) is 40.0 Å². The molecule has 0 radical (unpaired) electrons. The van der Waals surface area contributed by atoms with Crippen molar-refractivity contribution >= 4 is 11.8 Å². The van der Waals surface area contributed by atoms with E-state index in [1.54, 1.807) is 0 Å². The van der Waals surface area contributed by atoms with E-state index in [1.165, 1.54) is 31.6 Å². The van der Waals surface area contributed by atoms with E-state index in [0.29, 0.717) is 5.54 Å². The van der Waals surface area contributed by atoms with Crippen molar-refractivity contribution in [1.82, 2.24) is 4.90 Å². The van der Waals surface area contributed by atoms with Crippen LogP contribution < -0.4 is 0 Å². The second-order valence-electron chi connectivity index (χ2n) is 5.27. The third kappa shape index (κ3) is 1.89. The first-order valence-corrected chi connectivity index (χ1v) is 6.52. The predicted molar refractivity (Wildman–Crippen MR) is 60.3 cm³/mol. The summed E-state index contributed by atoms with van der Waals surface area (Å²) in [7, 11) is 0. The van der Waals surface area contributed by atoms with Gasteiger partial charge < -0.3 is 0 Å². The molecular weight excluding hydrogens is 178 g/mol. The highest BCUT2D eigenvalue weighted by molar-refractivity contribution is 8.00. The zero-order valence-corrected chi connectivity index (χ0v) is 9.86. The van der Waals surface area contributed by atoms with Gasteiger partial charge in [0.1, 0.15) is 0 Å². The molecule has 1 saturated carbocycles. The Morgan fingerprint density at radius 2 is 2.00 bits per heavy atom. The summed E-state index contributed by atoms with van der Waals surface area (Å²) >= 11 is 2.21. The number of thioether (sulfide) groups is 1. The summed E-state index contributed by atoms with van der Waals surface area (Å²) in [6.45, 7) is 8.38. The van der Waals surface area contributed by atoms with Crippen LogP contribution in [-0.2, 0) is 0 Å². The molecule has 2 aliphatic rings. The van der Waals surface area contributed by atoms with Gasteiger partial charge >= 0.3 is 0 Å². The monoisotopic (exact) mass is 199 g/mol. The molecule has 0 aromatic carbocycles. The Bertz CT molecular complexity index is 185. The zero-order chi connectivity index (χ0) is 9.47. The van der Waals surface area contributed by atoms with Gasteiger partial charge in [0.25, 0.3) is 0 Å². The van der Waals surface area contributed by atoms with Gasteiger partial charge in [-0.1, -0.05) is 6.42 Å². The fourth-order valence-electron chi connectivity index (χ4n) is 2.76. The molecule has 0 aromatic heterocycles. The lowest BCUT2D eigenvalue weighted by atomic mass is 10.0. The van der Waals surface area contributed by atoms with Gasteiger partial charge in [0.15, 0.2) is 0 Å². The highest BCUT2D eigenvalue weighted by Crippen LogP contribution is 2.39. The van der Waals surface area contributed by atoms with E-state index >= 15 is 0 Å². The minimum atomic E-state index is 0.383. The highest BCUT2D eigenvalue weighted by Gasteiger charge is 2.39. The van der Waals surface area contributed by atoms with Gasteiger partial charge in [0.05, 0.1) is 0 Å². The molecule has 1 aliphatic carbocycles. The maximum absolute atomic E-state index is 2.74. The van der Waals surface area contributed by atoms with Gasteiger partial charge in [-0.15, -0.1) is 0 Å². The molecule has 1 nitrogen and oxygen atoms in total. The number of nitrogens with zero attached hydrogens (tertiary/aromatic N) is 1. The summed E-state index contributed by atoms with van der Waals surface area (Å²) in [6.07, 6.45) is 4.35. The third-order valence-corrected chi connectivity index (χ3v) is 4.74. The van der Waals surface area contributed by atoms with Crippen molar-refractivity contribution in [2.45, 2.75) is 56.9 Å². The first-order valence-electron chi connectivity index (χ1n) is 5.47. The smallest absolute Gasteiger partial charge is 0.0220 e. The minimum Gasteiger partial charge on any atom is -0.294 e. The lowest BCUT2D eigenvalue weighted by molar-refractivity contribution is 0.0904. The molecular formula is C11H21NS. The van der Waals surface area contributed by atoms with Crippen molar-refractivity contribution in [1.29, 1.82) is 0 Å². The van der Waals surface area contributed by atoms with Crippen molar-refractivity contribution in [3.63, 3.8) is 0 Å². The number of rotatable bonds is 0. The molecule has 76 valence electrons. The Labute approximate surface area is 86.3 Å². The Kier molecular flexibility index (Phi) is 2.63. The van der Waals surface area contributed by atoms with Crippen LogP contribution in [-0.4, -0.2) is 34.0 Å². The average molecular weight is 199 g/mol. The molecule has 1 heterocycles. The highest BCUT2D eigenvalue weighted by atomic mass is 32.2. The summed E-state index contributed by atoms with van der Waals surface area (Å²) in [6, 6.07) is 0.888. The number of hydrogen-bond acceptors (Lipinski definition) is 2. The summed E-state index contributed by atoms with van der Waals surface area (Å²) in [5.41, 5.74) is 0.383. The fraction of sp³-hybridized carbons (Fsp3) is 1.00. The van der Waals surface area contributed by atoms with Crippen molar-refractivity contribution in [3.05, 3.63) is 0 Å². The first-order chi connectivity index (χ1) is 6.09. The normalized spacial score (nSPS) is 36.2. The summed E-state index contributed by atoms with van der Waals surface area (Å²) in [4.78, 5) is 2.74. The maximum atomic E-state index is 2.74. The topological polar surface area (TPSA) is 3.24 Å². The van der Waals surface area contributed by atoms with Crippen LogP contribution in [0.5, 0.6) is 0 Å². The van der Waals surface area contributed by atoms with Crippen LogP contribution in [0.2, 0.25) is 0 Å². The summed E-state index contributed by atoms with van der Waals surface area (Å²) < 4.78 is 0. The van der Waals surface area contributed by atoms with Crippen LogP contribution in [0.3, 0.4) is 0 Å². The van der Waals surface area contributed by atoms with E-state index < -0.39 is 0 Å². The largest absolute Gasteiger partial charge is 0.294 e. The van der Waals surface area contributed by atoms with Crippen molar-refractivity contribution in [2.75, 3.05) is 12.3 Å². The standard InChI is InChI=1S/C11H21NS/c1-11(2,3)12-7-8-13-10-6-4-5-9(10)12/h9-10H,4-8H2,1-3H3. The summed E-state index contributed by atoms with van der Waals surface area (Å²) in [5, 5.41) is 0.952. The van der Waals surface area contributed by atoms with E-state index in [1.807, 2.05) is 0 Å². The lowest BCUT2D eigenvalue weighted by Crippen LogP contribution is -2.53. The number of hydrogen-bond donors (Lipinski definition) is 0. The fourth-order valence-corrected chi connectivity index (χ4v) is 4.20. The first kappa shape index (κ1) is 9.85. The minimum absolute atomic E-state index is 0.383. The van der Waals surface area contributed by atoms with Gasteiger partial charge in [-0.3, -0.25) is 4.90 Å². The maximum Gasteiger partial charge on any atom is 0.0220 e. The lowest BCUT2D eigenvalue weighted by Gasteiger charge is -2.45. The van der Waals surface area contributed by atoms with E-state index in [4.69, 9.17) is 0 Å². The molecule has 13 heavy (non-hydrogen) atoms. The Morgan fingerprint density at radius 3 is 2.69 bits per heavy atom. The van der Waals surface area contributed by atoms with Gasteiger partial charge in [-0.25, -0.2) is 0 Å². The summed E-state index contributed by atoms with van der Waals surface area (Å²) in [5.74, 6) is 1.35. The number of fused-ring (bicyclic) bond motifs is 1. The van der Waals surface area contributed by atoms with E-state index in [9.17, 15) is 0 Å². The zero-order valence-electron chi connectivity index (χ0n) is 9.05. The van der Waals surface area contributed by atoms with Crippen molar-refractivity contribution in [2.24, 2.45) is 0 Å². The van der Waals surface area contributed by atoms with E-state index in [0.717, 1.165) is 11.3 Å². The SMILES string of the molecule is CC(C)(C)N1CCSC2CCCC21. The van der Waals surface area contributed by atoms with Crippen LogP contribution in [0.15, 0.2) is 0 Å². The molecule has 0 N–H and O–H groups in total.